The van der Waals surface area contributed by atoms with Gasteiger partial charge in [0.05, 0.1) is 17.9 Å². The van der Waals surface area contributed by atoms with Gasteiger partial charge < -0.3 is 10.6 Å². The van der Waals surface area contributed by atoms with Gasteiger partial charge in [-0.05, 0) is 28.1 Å². The van der Waals surface area contributed by atoms with Gasteiger partial charge in [-0.25, -0.2) is 13.2 Å². The molecular formula is C14H10BrF3N2O. The Labute approximate surface area is 127 Å². The number of amides is 1. The first-order valence-corrected chi connectivity index (χ1v) is 6.69. The molecule has 0 saturated carbocycles. The number of carbonyl (C=O) groups is 1. The Morgan fingerprint density at radius 3 is 2.52 bits per heavy atom. The first-order valence-electron chi connectivity index (χ1n) is 5.90. The van der Waals surface area contributed by atoms with E-state index >= 15 is 0 Å². The van der Waals surface area contributed by atoms with Crippen molar-refractivity contribution >= 4 is 33.2 Å². The second-order valence-electron chi connectivity index (χ2n) is 4.13. The van der Waals surface area contributed by atoms with Crippen LogP contribution in [0.25, 0.3) is 0 Å². The van der Waals surface area contributed by atoms with Crippen molar-refractivity contribution in [3.05, 3.63) is 58.3 Å². The number of carbonyl (C=O) groups excluding carboxylic acids is 1. The van der Waals surface area contributed by atoms with Gasteiger partial charge in [0.15, 0.2) is 11.6 Å². The van der Waals surface area contributed by atoms with Crippen LogP contribution in [0.2, 0.25) is 0 Å². The van der Waals surface area contributed by atoms with Crippen molar-refractivity contribution in [3.8, 4) is 0 Å². The van der Waals surface area contributed by atoms with E-state index in [2.05, 4.69) is 26.6 Å². The third-order valence-corrected chi connectivity index (χ3v) is 3.27. The Kier molecular flexibility index (Phi) is 4.85. The van der Waals surface area contributed by atoms with Gasteiger partial charge in [-0.2, -0.15) is 0 Å². The summed E-state index contributed by atoms with van der Waals surface area (Å²) in [7, 11) is 0. The van der Waals surface area contributed by atoms with Gasteiger partial charge in [0.1, 0.15) is 5.82 Å². The molecule has 1 amide bonds. The Balaban J connectivity index is 2.00. The Hall–Kier alpha value is -2.02. The maximum atomic E-state index is 13.4. The van der Waals surface area contributed by atoms with Crippen molar-refractivity contribution in [2.45, 2.75) is 0 Å². The van der Waals surface area contributed by atoms with E-state index in [-0.39, 0.29) is 6.54 Å². The topological polar surface area (TPSA) is 41.1 Å². The molecule has 0 bridgehead atoms. The Morgan fingerprint density at radius 1 is 1.10 bits per heavy atom. The van der Waals surface area contributed by atoms with Gasteiger partial charge >= 0.3 is 0 Å². The fraction of sp³-hybridized carbons (Fsp3) is 0.0714. The van der Waals surface area contributed by atoms with Crippen molar-refractivity contribution in [3.63, 3.8) is 0 Å². The normalized spacial score (nSPS) is 10.3. The fourth-order valence-corrected chi connectivity index (χ4v) is 2.00. The number of benzene rings is 2. The minimum Gasteiger partial charge on any atom is -0.374 e. The number of hydrogen-bond donors (Lipinski definition) is 2. The standard InChI is InChI=1S/C14H10BrF3N2O/c15-9-3-1-2-4-11(9)20-13(21)7-19-12-6-8(16)5-10(17)14(12)18/h1-6,19H,7H2,(H,20,21). The largest absolute Gasteiger partial charge is 0.374 e. The highest BCUT2D eigenvalue weighted by Crippen LogP contribution is 2.21. The number of para-hydroxylation sites is 1. The van der Waals surface area contributed by atoms with E-state index in [0.717, 1.165) is 6.07 Å². The maximum absolute atomic E-state index is 13.4. The van der Waals surface area contributed by atoms with Crippen LogP contribution in [0.15, 0.2) is 40.9 Å². The molecule has 2 rings (SSSR count). The van der Waals surface area contributed by atoms with Gasteiger partial charge in [-0.3, -0.25) is 4.79 Å². The SMILES string of the molecule is O=C(CNc1cc(F)cc(F)c1F)Nc1ccccc1Br. The van der Waals surface area contributed by atoms with Crippen molar-refractivity contribution in [1.82, 2.24) is 0 Å². The van der Waals surface area contributed by atoms with Gasteiger partial charge in [-0.15, -0.1) is 0 Å². The minimum atomic E-state index is -1.32. The van der Waals surface area contributed by atoms with Crippen LogP contribution < -0.4 is 10.6 Å². The van der Waals surface area contributed by atoms with Gasteiger partial charge in [0, 0.05) is 16.6 Å². The molecule has 2 aromatic carbocycles. The lowest BCUT2D eigenvalue weighted by atomic mass is 10.2. The van der Waals surface area contributed by atoms with Crippen molar-refractivity contribution in [1.29, 1.82) is 0 Å². The van der Waals surface area contributed by atoms with E-state index in [1.165, 1.54) is 0 Å². The predicted molar refractivity (Wildman–Crippen MR) is 77.6 cm³/mol. The molecule has 2 N–H and O–H groups in total. The molecule has 0 unspecified atom stereocenters. The van der Waals surface area contributed by atoms with Crippen LogP contribution in [0.4, 0.5) is 24.5 Å². The summed E-state index contributed by atoms with van der Waals surface area (Å²) in [4.78, 5) is 11.7. The van der Waals surface area contributed by atoms with Crippen LogP contribution in [0.3, 0.4) is 0 Å². The van der Waals surface area contributed by atoms with E-state index in [1.54, 1.807) is 24.3 Å². The summed E-state index contributed by atoms with van der Waals surface area (Å²) < 4.78 is 40.0. The van der Waals surface area contributed by atoms with E-state index in [1.807, 2.05) is 0 Å². The predicted octanol–water partition coefficient (Wildman–Crippen LogP) is 3.92. The molecule has 0 radical (unpaired) electrons. The van der Waals surface area contributed by atoms with E-state index < -0.39 is 29.0 Å². The summed E-state index contributed by atoms with van der Waals surface area (Å²) in [5, 5.41) is 4.92. The van der Waals surface area contributed by atoms with E-state index in [4.69, 9.17) is 0 Å². The molecule has 0 saturated heterocycles. The van der Waals surface area contributed by atoms with Crippen LogP contribution in [-0.4, -0.2) is 12.5 Å². The molecule has 110 valence electrons. The first-order chi connectivity index (χ1) is 9.97. The van der Waals surface area contributed by atoms with Crippen molar-refractivity contribution < 1.29 is 18.0 Å². The average molecular weight is 359 g/mol. The number of nitrogens with one attached hydrogen (secondary N) is 2. The molecule has 0 aliphatic carbocycles. The molecule has 0 aliphatic heterocycles. The zero-order chi connectivity index (χ0) is 15.4. The maximum Gasteiger partial charge on any atom is 0.243 e. The molecule has 0 heterocycles. The van der Waals surface area contributed by atoms with Crippen LogP contribution in [0.5, 0.6) is 0 Å². The third-order valence-electron chi connectivity index (χ3n) is 2.58. The highest BCUT2D eigenvalue weighted by Gasteiger charge is 2.12. The van der Waals surface area contributed by atoms with Crippen LogP contribution in [-0.2, 0) is 4.79 Å². The van der Waals surface area contributed by atoms with Gasteiger partial charge in [0.2, 0.25) is 5.91 Å². The van der Waals surface area contributed by atoms with Gasteiger partial charge in [0.25, 0.3) is 0 Å². The summed E-state index contributed by atoms with van der Waals surface area (Å²) in [5.41, 5.74) is 0.130. The molecule has 0 atom stereocenters. The lowest BCUT2D eigenvalue weighted by Crippen LogP contribution is -2.22. The summed E-state index contributed by atoms with van der Waals surface area (Å²) in [6.07, 6.45) is 0. The van der Waals surface area contributed by atoms with Crippen LogP contribution >= 0.6 is 15.9 Å². The minimum absolute atomic E-state index is 0.332. The zero-order valence-corrected chi connectivity index (χ0v) is 12.2. The number of halogens is 4. The van der Waals surface area contributed by atoms with Crippen molar-refractivity contribution in [2.24, 2.45) is 0 Å². The summed E-state index contributed by atoms with van der Waals surface area (Å²) in [6, 6.07) is 8.14. The highest BCUT2D eigenvalue weighted by atomic mass is 79.9. The molecule has 0 spiro atoms. The fourth-order valence-electron chi connectivity index (χ4n) is 1.62. The summed E-state index contributed by atoms with van der Waals surface area (Å²) >= 11 is 3.26. The van der Waals surface area contributed by atoms with Gasteiger partial charge in [-0.1, -0.05) is 12.1 Å². The molecule has 21 heavy (non-hydrogen) atoms. The Bertz CT molecular complexity index is 679. The number of anilines is 2. The molecule has 3 nitrogen and oxygen atoms in total. The lowest BCUT2D eigenvalue weighted by Gasteiger charge is -2.10. The average Bonchev–Trinajstić information content (AvgIpc) is 2.44. The second-order valence-corrected chi connectivity index (χ2v) is 4.99. The highest BCUT2D eigenvalue weighted by molar-refractivity contribution is 9.10. The molecule has 0 aromatic heterocycles. The second kappa shape index (κ2) is 6.62. The molecule has 0 fully saturated rings. The van der Waals surface area contributed by atoms with Crippen molar-refractivity contribution in [2.75, 3.05) is 17.2 Å². The summed E-state index contributed by atoms with van der Waals surface area (Å²) in [5.74, 6) is -3.96. The third kappa shape index (κ3) is 3.98. The molecular weight excluding hydrogens is 349 g/mol. The smallest absolute Gasteiger partial charge is 0.243 e. The van der Waals surface area contributed by atoms with Crippen LogP contribution in [0, 0.1) is 17.5 Å². The number of hydrogen-bond acceptors (Lipinski definition) is 2. The quantitative estimate of drug-likeness (QED) is 0.813. The molecule has 7 heteroatoms. The number of rotatable bonds is 4. The molecule has 0 aliphatic rings. The van der Waals surface area contributed by atoms with Crippen LogP contribution in [0.1, 0.15) is 0 Å². The zero-order valence-electron chi connectivity index (χ0n) is 10.6. The molecule has 2 aromatic rings. The monoisotopic (exact) mass is 358 g/mol. The lowest BCUT2D eigenvalue weighted by molar-refractivity contribution is -0.114. The van der Waals surface area contributed by atoms with E-state index in [0.29, 0.717) is 16.2 Å². The summed E-state index contributed by atoms with van der Waals surface area (Å²) in [6.45, 7) is -0.332. The first kappa shape index (κ1) is 15.4. The Morgan fingerprint density at radius 2 is 1.81 bits per heavy atom. The van der Waals surface area contributed by atoms with E-state index in [9.17, 15) is 18.0 Å².